The van der Waals surface area contributed by atoms with Crippen molar-refractivity contribution in [3.05, 3.63) is 29.8 Å². The molecule has 1 unspecified atom stereocenters. The van der Waals surface area contributed by atoms with Gasteiger partial charge < -0.3 is 9.84 Å². The lowest BCUT2D eigenvalue weighted by Gasteiger charge is -2.09. The van der Waals surface area contributed by atoms with Crippen molar-refractivity contribution in [2.24, 2.45) is 0 Å². The summed E-state index contributed by atoms with van der Waals surface area (Å²) in [6.45, 7) is 1.87. The Morgan fingerprint density at radius 1 is 1.56 bits per heavy atom. The molecule has 0 saturated heterocycles. The predicted molar refractivity (Wildman–Crippen MR) is 57.6 cm³/mol. The van der Waals surface area contributed by atoms with Crippen molar-refractivity contribution in [1.29, 1.82) is 5.26 Å². The van der Waals surface area contributed by atoms with Crippen molar-refractivity contribution in [2.75, 3.05) is 0 Å². The van der Waals surface area contributed by atoms with Crippen LogP contribution in [0.5, 0.6) is 5.75 Å². The third-order valence-electron chi connectivity index (χ3n) is 2.01. The molecule has 84 valence electrons. The van der Waals surface area contributed by atoms with Gasteiger partial charge in [0.2, 0.25) is 0 Å². The first-order valence-corrected chi connectivity index (χ1v) is 5.06. The van der Waals surface area contributed by atoms with Crippen LogP contribution in [0, 0.1) is 11.3 Å². The van der Waals surface area contributed by atoms with Crippen LogP contribution in [0.15, 0.2) is 24.3 Å². The van der Waals surface area contributed by atoms with Gasteiger partial charge in [-0.2, -0.15) is 5.26 Å². The first kappa shape index (κ1) is 12.2. The maximum Gasteiger partial charge on any atom is 0.311 e. The van der Waals surface area contributed by atoms with Gasteiger partial charge in [0.05, 0.1) is 6.07 Å². The van der Waals surface area contributed by atoms with Crippen LogP contribution in [0.25, 0.3) is 0 Å². The van der Waals surface area contributed by atoms with Gasteiger partial charge in [0, 0.05) is 12.0 Å². The SMILES string of the molecule is CCCC(=O)Oc1ccccc1C(O)C#N. The summed E-state index contributed by atoms with van der Waals surface area (Å²) in [4.78, 5) is 11.3. The summed E-state index contributed by atoms with van der Waals surface area (Å²) in [5, 5.41) is 18.0. The fraction of sp³-hybridized carbons (Fsp3) is 0.333. The first-order valence-electron chi connectivity index (χ1n) is 5.06. The van der Waals surface area contributed by atoms with Gasteiger partial charge in [-0.3, -0.25) is 4.79 Å². The molecule has 0 bridgehead atoms. The van der Waals surface area contributed by atoms with Crippen LogP contribution in [0.1, 0.15) is 31.4 Å². The second-order valence-electron chi connectivity index (χ2n) is 3.29. The molecule has 16 heavy (non-hydrogen) atoms. The number of carbonyl (C=O) groups is 1. The third-order valence-corrected chi connectivity index (χ3v) is 2.01. The van der Waals surface area contributed by atoms with Gasteiger partial charge in [-0.05, 0) is 12.5 Å². The highest BCUT2D eigenvalue weighted by molar-refractivity contribution is 5.72. The number of carbonyl (C=O) groups excluding carboxylic acids is 1. The molecule has 0 saturated carbocycles. The third kappa shape index (κ3) is 3.07. The lowest BCUT2D eigenvalue weighted by atomic mass is 10.1. The van der Waals surface area contributed by atoms with Gasteiger partial charge in [-0.25, -0.2) is 0 Å². The number of nitrogens with zero attached hydrogens (tertiary/aromatic N) is 1. The van der Waals surface area contributed by atoms with E-state index in [-0.39, 0.29) is 11.7 Å². The number of benzene rings is 1. The fourth-order valence-electron chi connectivity index (χ4n) is 1.25. The molecule has 1 aromatic rings. The number of hydrogen-bond donors (Lipinski definition) is 1. The zero-order valence-electron chi connectivity index (χ0n) is 9.01. The Balaban J connectivity index is 2.88. The van der Waals surface area contributed by atoms with E-state index < -0.39 is 6.10 Å². The molecule has 0 aliphatic carbocycles. The Morgan fingerprint density at radius 3 is 2.88 bits per heavy atom. The van der Waals surface area contributed by atoms with Gasteiger partial charge >= 0.3 is 5.97 Å². The Hall–Kier alpha value is -1.86. The molecule has 0 radical (unpaired) electrons. The second-order valence-corrected chi connectivity index (χ2v) is 3.29. The van der Waals surface area contributed by atoms with Crippen molar-refractivity contribution >= 4 is 5.97 Å². The molecular formula is C12H13NO3. The van der Waals surface area contributed by atoms with Crippen LogP contribution in [0.2, 0.25) is 0 Å². The van der Waals surface area contributed by atoms with Crippen molar-refractivity contribution in [3.8, 4) is 11.8 Å². The topological polar surface area (TPSA) is 70.3 Å². The van der Waals surface area contributed by atoms with E-state index in [0.717, 1.165) is 0 Å². The predicted octanol–water partition coefficient (Wildman–Crippen LogP) is 1.95. The number of aliphatic hydroxyl groups is 1. The average molecular weight is 219 g/mol. The molecule has 0 aliphatic heterocycles. The molecule has 1 atom stereocenters. The molecule has 4 heteroatoms. The number of nitriles is 1. The van der Waals surface area contributed by atoms with Crippen molar-refractivity contribution in [3.63, 3.8) is 0 Å². The van der Waals surface area contributed by atoms with Crippen molar-refractivity contribution in [2.45, 2.75) is 25.9 Å². The van der Waals surface area contributed by atoms with E-state index in [0.29, 0.717) is 18.4 Å². The Kier molecular flexibility index (Phi) is 4.49. The van der Waals surface area contributed by atoms with Crippen LogP contribution in [-0.2, 0) is 4.79 Å². The van der Waals surface area contributed by atoms with Gasteiger partial charge in [-0.1, -0.05) is 25.1 Å². The minimum atomic E-state index is -1.27. The molecule has 1 rings (SSSR count). The normalized spacial score (nSPS) is 11.6. The van der Waals surface area contributed by atoms with E-state index in [1.54, 1.807) is 30.3 Å². The Bertz CT molecular complexity index is 409. The largest absolute Gasteiger partial charge is 0.426 e. The molecule has 0 aromatic heterocycles. The summed E-state index contributed by atoms with van der Waals surface area (Å²) in [6, 6.07) is 8.16. The van der Waals surface area contributed by atoms with E-state index in [1.807, 2.05) is 6.92 Å². The van der Waals surface area contributed by atoms with Crippen LogP contribution in [-0.4, -0.2) is 11.1 Å². The minimum Gasteiger partial charge on any atom is -0.426 e. The van der Waals surface area contributed by atoms with E-state index in [2.05, 4.69) is 0 Å². The Morgan fingerprint density at radius 2 is 2.25 bits per heavy atom. The zero-order chi connectivity index (χ0) is 12.0. The summed E-state index contributed by atoms with van der Waals surface area (Å²) in [6.07, 6.45) is -0.260. The smallest absolute Gasteiger partial charge is 0.311 e. The number of esters is 1. The monoisotopic (exact) mass is 219 g/mol. The minimum absolute atomic E-state index is 0.245. The van der Waals surface area contributed by atoms with Gasteiger partial charge in [-0.15, -0.1) is 0 Å². The van der Waals surface area contributed by atoms with Crippen LogP contribution in [0.3, 0.4) is 0 Å². The molecule has 0 fully saturated rings. The fourth-order valence-corrected chi connectivity index (χ4v) is 1.25. The summed E-state index contributed by atoms with van der Waals surface area (Å²) < 4.78 is 5.06. The molecule has 0 heterocycles. The van der Waals surface area contributed by atoms with Crippen LogP contribution >= 0.6 is 0 Å². The van der Waals surface area contributed by atoms with Crippen molar-refractivity contribution < 1.29 is 14.6 Å². The molecule has 0 spiro atoms. The number of hydrogen-bond acceptors (Lipinski definition) is 4. The van der Waals surface area contributed by atoms with Crippen molar-refractivity contribution in [1.82, 2.24) is 0 Å². The Labute approximate surface area is 94.1 Å². The quantitative estimate of drug-likeness (QED) is 0.477. The number of aliphatic hydroxyl groups excluding tert-OH is 1. The standard InChI is InChI=1S/C12H13NO3/c1-2-5-12(15)16-11-7-4-3-6-9(11)10(14)8-13/h3-4,6-7,10,14H,2,5H2,1H3. The maximum absolute atomic E-state index is 11.3. The summed E-state index contributed by atoms with van der Waals surface area (Å²) in [7, 11) is 0. The maximum atomic E-state index is 11.3. The van der Waals surface area contributed by atoms with Crippen LogP contribution in [0.4, 0.5) is 0 Å². The van der Waals surface area contributed by atoms with E-state index in [1.165, 1.54) is 0 Å². The zero-order valence-corrected chi connectivity index (χ0v) is 9.01. The lowest BCUT2D eigenvalue weighted by molar-refractivity contribution is -0.134. The van der Waals surface area contributed by atoms with Crippen LogP contribution < -0.4 is 4.74 Å². The van der Waals surface area contributed by atoms with E-state index in [9.17, 15) is 9.90 Å². The average Bonchev–Trinajstić information content (AvgIpc) is 2.29. The van der Waals surface area contributed by atoms with E-state index in [4.69, 9.17) is 10.00 Å². The molecule has 1 N–H and O–H groups in total. The molecule has 1 aromatic carbocycles. The number of para-hydroxylation sites is 1. The number of ether oxygens (including phenoxy) is 1. The first-order chi connectivity index (χ1) is 7.69. The van der Waals surface area contributed by atoms with E-state index >= 15 is 0 Å². The molecule has 0 amide bonds. The highest BCUT2D eigenvalue weighted by Crippen LogP contribution is 2.24. The second kappa shape index (κ2) is 5.89. The highest BCUT2D eigenvalue weighted by atomic mass is 16.5. The summed E-state index contributed by atoms with van der Waals surface area (Å²) >= 11 is 0. The molecule has 4 nitrogen and oxygen atoms in total. The lowest BCUT2D eigenvalue weighted by Crippen LogP contribution is -2.09. The summed E-state index contributed by atoms with van der Waals surface area (Å²) in [5.41, 5.74) is 0.314. The molecular weight excluding hydrogens is 206 g/mol. The van der Waals surface area contributed by atoms with Gasteiger partial charge in [0.25, 0.3) is 0 Å². The van der Waals surface area contributed by atoms with Gasteiger partial charge in [0.1, 0.15) is 5.75 Å². The highest BCUT2D eigenvalue weighted by Gasteiger charge is 2.14. The molecule has 0 aliphatic rings. The van der Waals surface area contributed by atoms with Gasteiger partial charge in [0.15, 0.2) is 6.10 Å². The number of rotatable bonds is 4. The summed E-state index contributed by atoms with van der Waals surface area (Å²) in [5.74, 6) is -0.116.